The topological polar surface area (TPSA) is 41.9 Å². The van der Waals surface area contributed by atoms with E-state index in [1.54, 1.807) is 6.08 Å². The Morgan fingerprint density at radius 1 is 1.42 bits per heavy atom. The largest absolute Gasteiger partial charge is 0.390 e. The zero-order valence-electron chi connectivity index (χ0n) is 15.2. The molecule has 1 atom stereocenters. The lowest BCUT2D eigenvalue weighted by molar-refractivity contribution is -0.134. The molecule has 4 heteroatoms. The van der Waals surface area contributed by atoms with Crippen molar-refractivity contribution in [1.29, 1.82) is 0 Å². The standard InChI is InChI=1S/C20H28N2O2/c1-6-11-22(19(23)13-20(3,4)5)14-16-12-18(21-24-16)17-10-8-7-9-15(17)2/h6-10,16H,1,11-14H2,2-5H3/t16-/m1/s1. The van der Waals surface area contributed by atoms with E-state index in [4.69, 9.17) is 4.84 Å². The number of oxime groups is 1. The molecule has 0 fully saturated rings. The number of aryl methyl sites for hydroxylation is 1. The molecule has 0 bridgehead atoms. The number of benzene rings is 1. The number of amides is 1. The summed E-state index contributed by atoms with van der Waals surface area (Å²) in [6.07, 6.45) is 2.90. The minimum Gasteiger partial charge on any atom is -0.390 e. The van der Waals surface area contributed by atoms with E-state index < -0.39 is 0 Å². The minimum absolute atomic E-state index is 0.0319. The first kappa shape index (κ1) is 18.2. The van der Waals surface area contributed by atoms with Gasteiger partial charge in [-0.25, -0.2) is 0 Å². The lowest BCUT2D eigenvalue weighted by atomic mass is 9.91. The molecule has 24 heavy (non-hydrogen) atoms. The fourth-order valence-corrected chi connectivity index (χ4v) is 2.83. The minimum atomic E-state index is -0.0940. The molecule has 0 saturated carbocycles. The van der Waals surface area contributed by atoms with Crippen LogP contribution in [0.2, 0.25) is 0 Å². The molecule has 0 radical (unpaired) electrons. The maximum absolute atomic E-state index is 12.5. The number of carbonyl (C=O) groups excluding carboxylic acids is 1. The van der Waals surface area contributed by atoms with Crippen LogP contribution in [0.5, 0.6) is 0 Å². The van der Waals surface area contributed by atoms with Crippen molar-refractivity contribution in [2.45, 2.75) is 46.6 Å². The molecular weight excluding hydrogens is 300 g/mol. The van der Waals surface area contributed by atoms with Crippen molar-refractivity contribution in [3.63, 3.8) is 0 Å². The molecule has 2 rings (SSSR count). The SMILES string of the molecule is C=CCN(C[C@H]1CC(c2ccccc2C)=NO1)C(=O)CC(C)(C)C. The summed E-state index contributed by atoms with van der Waals surface area (Å²) < 4.78 is 0. The highest BCUT2D eigenvalue weighted by Crippen LogP contribution is 2.23. The highest BCUT2D eigenvalue weighted by molar-refractivity contribution is 6.02. The van der Waals surface area contributed by atoms with Crippen LogP contribution in [0, 0.1) is 12.3 Å². The van der Waals surface area contributed by atoms with Crippen molar-refractivity contribution in [1.82, 2.24) is 4.90 Å². The number of hydrogen-bond donors (Lipinski definition) is 0. The number of rotatable bonds is 6. The molecule has 130 valence electrons. The second kappa shape index (κ2) is 7.65. The Labute approximate surface area is 145 Å². The summed E-state index contributed by atoms with van der Waals surface area (Å²) in [5.41, 5.74) is 3.24. The Bertz CT molecular complexity index is 629. The number of carbonyl (C=O) groups is 1. The zero-order chi connectivity index (χ0) is 17.7. The molecule has 0 aromatic heterocycles. The first-order chi connectivity index (χ1) is 11.3. The molecule has 4 nitrogen and oxygen atoms in total. The maximum atomic E-state index is 12.5. The van der Waals surface area contributed by atoms with Gasteiger partial charge >= 0.3 is 0 Å². The molecule has 1 heterocycles. The molecule has 0 saturated heterocycles. The third kappa shape index (κ3) is 4.95. The Morgan fingerprint density at radius 3 is 2.75 bits per heavy atom. The fourth-order valence-electron chi connectivity index (χ4n) is 2.83. The van der Waals surface area contributed by atoms with E-state index in [0.717, 1.165) is 17.7 Å². The van der Waals surface area contributed by atoms with Crippen molar-refractivity contribution in [3.05, 3.63) is 48.0 Å². The van der Waals surface area contributed by atoms with E-state index in [1.165, 1.54) is 5.56 Å². The lowest BCUT2D eigenvalue weighted by Gasteiger charge is -2.27. The third-order valence-electron chi connectivity index (χ3n) is 4.00. The Balaban J connectivity index is 1.99. The second-order valence-corrected chi connectivity index (χ2v) is 7.61. The van der Waals surface area contributed by atoms with E-state index in [9.17, 15) is 4.79 Å². The summed E-state index contributed by atoms with van der Waals surface area (Å²) in [4.78, 5) is 19.9. The quantitative estimate of drug-likeness (QED) is 0.742. The second-order valence-electron chi connectivity index (χ2n) is 7.61. The van der Waals surface area contributed by atoms with Gasteiger partial charge in [0.1, 0.15) is 0 Å². The van der Waals surface area contributed by atoms with Gasteiger partial charge in [0, 0.05) is 24.9 Å². The first-order valence-corrected chi connectivity index (χ1v) is 8.47. The first-order valence-electron chi connectivity index (χ1n) is 8.47. The van der Waals surface area contributed by atoms with Gasteiger partial charge in [-0.3, -0.25) is 4.79 Å². The molecule has 0 spiro atoms. The maximum Gasteiger partial charge on any atom is 0.223 e. The summed E-state index contributed by atoms with van der Waals surface area (Å²) in [5.74, 6) is 0.135. The van der Waals surface area contributed by atoms with Crippen LogP contribution in [0.15, 0.2) is 42.1 Å². The average Bonchev–Trinajstić information content (AvgIpc) is 2.94. The van der Waals surface area contributed by atoms with Gasteiger partial charge in [0.25, 0.3) is 0 Å². The molecule has 0 unspecified atom stereocenters. The predicted octanol–water partition coefficient (Wildman–Crippen LogP) is 3.94. The summed E-state index contributed by atoms with van der Waals surface area (Å²) in [5, 5.41) is 4.25. The van der Waals surface area contributed by atoms with Crippen molar-refractivity contribution in [3.8, 4) is 0 Å². The predicted molar refractivity (Wildman–Crippen MR) is 98.1 cm³/mol. The van der Waals surface area contributed by atoms with Gasteiger partial charge in [-0.15, -0.1) is 6.58 Å². The van der Waals surface area contributed by atoms with E-state index in [-0.39, 0.29) is 17.4 Å². The fraction of sp³-hybridized carbons (Fsp3) is 0.500. The molecule has 0 aliphatic carbocycles. The van der Waals surface area contributed by atoms with Crippen molar-refractivity contribution >= 4 is 11.6 Å². The summed E-state index contributed by atoms with van der Waals surface area (Å²) >= 11 is 0. The van der Waals surface area contributed by atoms with Gasteiger partial charge in [0.15, 0.2) is 6.10 Å². The van der Waals surface area contributed by atoms with Crippen LogP contribution in [-0.2, 0) is 9.63 Å². The van der Waals surface area contributed by atoms with Crippen molar-refractivity contribution in [2.24, 2.45) is 10.6 Å². The Morgan fingerprint density at radius 2 is 2.12 bits per heavy atom. The zero-order valence-corrected chi connectivity index (χ0v) is 15.2. The molecule has 1 aromatic rings. The van der Waals surface area contributed by atoms with Gasteiger partial charge < -0.3 is 9.74 Å². The van der Waals surface area contributed by atoms with Crippen LogP contribution in [0.4, 0.5) is 0 Å². The van der Waals surface area contributed by atoms with Gasteiger partial charge in [-0.05, 0) is 17.9 Å². The van der Waals surface area contributed by atoms with Gasteiger partial charge in [-0.2, -0.15) is 0 Å². The van der Waals surface area contributed by atoms with Crippen LogP contribution in [-0.4, -0.2) is 35.7 Å². The van der Waals surface area contributed by atoms with Crippen molar-refractivity contribution in [2.75, 3.05) is 13.1 Å². The van der Waals surface area contributed by atoms with Gasteiger partial charge in [0.05, 0.1) is 12.3 Å². The van der Waals surface area contributed by atoms with E-state index in [0.29, 0.717) is 19.5 Å². The molecule has 0 N–H and O–H groups in total. The molecule has 1 aliphatic heterocycles. The molecule has 1 amide bonds. The Hall–Kier alpha value is -2.10. The van der Waals surface area contributed by atoms with Crippen molar-refractivity contribution < 1.29 is 9.63 Å². The highest BCUT2D eigenvalue weighted by atomic mass is 16.6. The highest BCUT2D eigenvalue weighted by Gasteiger charge is 2.28. The molecular formula is C20H28N2O2. The summed E-state index contributed by atoms with van der Waals surface area (Å²) in [6.45, 7) is 13.1. The molecule has 1 aromatic carbocycles. The third-order valence-corrected chi connectivity index (χ3v) is 4.00. The summed E-state index contributed by atoms with van der Waals surface area (Å²) in [7, 11) is 0. The van der Waals surface area contributed by atoms with E-state index in [1.807, 2.05) is 17.0 Å². The van der Waals surface area contributed by atoms with E-state index >= 15 is 0 Å². The molecule has 1 aliphatic rings. The van der Waals surface area contributed by atoms with Crippen LogP contribution < -0.4 is 0 Å². The van der Waals surface area contributed by atoms with Crippen LogP contribution in [0.25, 0.3) is 0 Å². The smallest absolute Gasteiger partial charge is 0.223 e. The monoisotopic (exact) mass is 328 g/mol. The summed E-state index contributed by atoms with van der Waals surface area (Å²) in [6, 6.07) is 8.16. The Kier molecular flexibility index (Phi) is 5.81. The van der Waals surface area contributed by atoms with Gasteiger partial charge in [-0.1, -0.05) is 56.3 Å². The van der Waals surface area contributed by atoms with Crippen LogP contribution >= 0.6 is 0 Å². The number of hydrogen-bond acceptors (Lipinski definition) is 3. The normalized spacial score (nSPS) is 17.2. The number of nitrogens with zero attached hydrogens (tertiary/aromatic N) is 2. The van der Waals surface area contributed by atoms with Crippen LogP contribution in [0.3, 0.4) is 0 Å². The average molecular weight is 328 g/mol. The van der Waals surface area contributed by atoms with Gasteiger partial charge in [0.2, 0.25) is 5.91 Å². The van der Waals surface area contributed by atoms with E-state index in [2.05, 4.69) is 51.6 Å². The lowest BCUT2D eigenvalue weighted by Crippen LogP contribution is -2.39. The van der Waals surface area contributed by atoms with Crippen LogP contribution in [0.1, 0.15) is 44.7 Å².